The molecule has 1 saturated heterocycles. The molecule has 1 aliphatic heterocycles. The third-order valence-electron chi connectivity index (χ3n) is 3.33. The average molecular weight is 351 g/mol. The molecular weight excluding hydrogens is 335 g/mol. The monoisotopic (exact) mass is 351 g/mol. The third kappa shape index (κ3) is 4.83. The smallest absolute Gasteiger partial charge is 0.324 e. The van der Waals surface area contributed by atoms with E-state index in [1.807, 2.05) is 0 Å². The molecule has 128 valence electrons. The molecule has 1 fully saturated rings. The maximum absolute atomic E-state index is 12.8. The summed E-state index contributed by atoms with van der Waals surface area (Å²) in [7, 11) is -3.70. The first-order valence-electron chi connectivity index (χ1n) is 6.77. The van der Waals surface area contributed by atoms with Gasteiger partial charge in [-0.25, -0.2) is 8.42 Å². The van der Waals surface area contributed by atoms with Crippen LogP contribution in [0.3, 0.4) is 0 Å². The Bertz CT molecular complexity index is 698. The number of amides is 1. The number of alkyl halides is 3. The Morgan fingerprint density at radius 1 is 1.30 bits per heavy atom. The van der Waals surface area contributed by atoms with Gasteiger partial charge < -0.3 is 10.6 Å². The molecule has 0 aliphatic carbocycles. The number of benzene rings is 1. The lowest BCUT2D eigenvalue weighted by Crippen LogP contribution is -2.25. The molecular formula is C13H16F3N3O3S. The molecule has 23 heavy (non-hydrogen) atoms. The largest absolute Gasteiger partial charge is 0.416 e. The van der Waals surface area contributed by atoms with Crippen LogP contribution in [0.4, 0.5) is 24.5 Å². The lowest BCUT2D eigenvalue weighted by atomic mass is 10.1. The number of carbonyl (C=O) groups excluding carboxylic acids is 1. The minimum absolute atomic E-state index is 0.111. The molecule has 6 nitrogen and oxygen atoms in total. The molecule has 0 aromatic heterocycles. The third-order valence-corrected chi connectivity index (χ3v) is 3.92. The van der Waals surface area contributed by atoms with Crippen molar-refractivity contribution < 1.29 is 26.4 Å². The maximum atomic E-state index is 12.8. The number of hydrogen-bond acceptors (Lipinski definition) is 4. The molecule has 1 heterocycles. The Morgan fingerprint density at radius 3 is 2.52 bits per heavy atom. The molecule has 0 bridgehead atoms. The fourth-order valence-corrected chi connectivity index (χ4v) is 2.80. The Kier molecular flexibility index (Phi) is 4.85. The van der Waals surface area contributed by atoms with Crippen LogP contribution in [-0.2, 0) is 21.0 Å². The predicted octanol–water partition coefficient (Wildman–Crippen LogP) is 1.62. The summed E-state index contributed by atoms with van der Waals surface area (Å²) in [6.45, 7) is 1.08. The van der Waals surface area contributed by atoms with E-state index in [2.05, 4.69) is 15.4 Å². The fourth-order valence-electron chi connectivity index (χ4n) is 2.23. The van der Waals surface area contributed by atoms with Gasteiger partial charge in [0.15, 0.2) is 0 Å². The lowest BCUT2D eigenvalue weighted by Gasteiger charge is -2.16. The summed E-state index contributed by atoms with van der Waals surface area (Å²) in [5, 5.41) is 5.36. The van der Waals surface area contributed by atoms with E-state index < -0.39 is 27.7 Å². The molecule has 3 N–H and O–H groups in total. The van der Waals surface area contributed by atoms with Gasteiger partial charge in [-0.2, -0.15) is 13.2 Å². The number of rotatable bonds is 4. The van der Waals surface area contributed by atoms with Crippen LogP contribution >= 0.6 is 0 Å². The summed E-state index contributed by atoms with van der Waals surface area (Å²) in [5.41, 5.74) is -1.31. The minimum atomic E-state index is -4.60. The van der Waals surface area contributed by atoms with Gasteiger partial charge in [0, 0.05) is 6.54 Å². The first-order chi connectivity index (χ1) is 10.6. The zero-order chi connectivity index (χ0) is 17.3. The Hall–Kier alpha value is -1.81. The van der Waals surface area contributed by atoms with Gasteiger partial charge in [0.1, 0.15) is 0 Å². The van der Waals surface area contributed by atoms with Gasteiger partial charge in [-0.1, -0.05) is 0 Å². The molecule has 0 saturated carbocycles. The number of halogens is 3. The van der Waals surface area contributed by atoms with Crippen LogP contribution < -0.4 is 15.4 Å². The van der Waals surface area contributed by atoms with Crippen LogP contribution in [0.5, 0.6) is 0 Å². The van der Waals surface area contributed by atoms with Crippen molar-refractivity contribution in [3.63, 3.8) is 0 Å². The Labute approximate surface area is 131 Å². The number of sulfonamides is 1. The van der Waals surface area contributed by atoms with E-state index in [0.717, 1.165) is 18.4 Å². The van der Waals surface area contributed by atoms with Crippen molar-refractivity contribution in [2.45, 2.75) is 12.6 Å². The molecule has 10 heteroatoms. The number of carbonyl (C=O) groups is 1. The summed E-state index contributed by atoms with van der Waals surface area (Å²) >= 11 is 0. The van der Waals surface area contributed by atoms with E-state index in [1.54, 1.807) is 0 Å². The highest BCUT2D eigenvalue weighted by molar-refractivity contribution is 7.92. The van der Waals surface area contributed by atoms with Crippen LogP contribution in [-0.4, -0.2) is 33.7 Å². The van der Waals surface area contributed by atoms with Crippen LogP contribution in [0.1, 0.15) is 12.0 Å². The number of anilines is 2. The van der Waals surface area contributed by atoms with Gasteiger partial charge in [0.05, 0.1) is 29.1 Å². The standard InChI is InChI=1S/C13H16F3N3O3S/c1-23(21,22)19-10-3-2-9(13(14,15)16)6-11(10)18-12(20)8-4-5-17-7-8/h2-3,6,8,17,19H,4-5,7H2,1H3,(H,18,20). The lowest BCUT2D eigenvalue weighted by molar-refractivity contribution is -0.137. The van der Waals surface area contributed by atoms with Crippen molar-refractivity contribution in [2.24, 2.45) is 5.92 Å². The van der Waals surface area contributed by atoms with E-state index in [9.17, 15) is 26.4 Å². The Balaban J connectivity index is 2.33. The quantitative estimate of drug-likeness (QED) is 0.769. The summed E-state index contributed by atoms with van der Waals surface area (Å²) in [4.78, 5) is 12.1. The highest BCUT2D eigenvalue weighted by Crippen LogP contribution is 2.34. The van der Waals surface area contributed by atoms with E-state index in [-0.39, 0.29) is 17.3 Å². The first kappa shape index (κ1) is 17.5. The zero-order valence-electron chi connectivity index (χ0n) is 12.2. The summed E-state index contributed by atoms with van der Waals surface area (Å²) in [5.74, 6) is -0.818. The van der Waals surface area contributed by atoms with Crippen molar-refractivity contribution in [2.75, 3.05) is 29.4 Å². The SMILES string of the molecule is CS(=O)(=O)Nc1ccc(C(F)(F)F)cc1NC(=O)C1CCNC1. The molecule has 0 radical (unpaired) electrons. The Morgan fingerprint density at radius 2 is 2.00 bits per heavy atom. The van der Waals surface area contributed by atoms with Gasteiger partial charge in [-0.3, -0.25) is 9.52 Å². The van der Waals surface area contributed by atoms with Gasteiger partial charge >= 0.3 is 6.18 Å². The van der Waals surface area contributed by atoms with Crippen molar-refractivity contribution in [1.29, 1.82) is 0 Å². The first-order valence-corrected chi connectivity index (χ1v) is 8.66. The van der Waals surface area contributed by atoms with Crippen molar-refractivity contribution in [3.05, 3.63) is 23.8 Å². The van der Waals surface area contributed by atoms with Crippen molar-refractivity contribution in [1.82, 2.24) is 5.32 Å². The van der Waals surface area contributed by atoms with Crippen molar-refractivity contribution >= 4 is 27.3 Å². The summed E-state index contributed by atoms with van der Waals surface area (Å²) in [6, 6.07) is 2.44. The van der Waals surface area contributed by atoms with E-state index in [1.165, 1.54) is 0 Å². The van der Waals surface area contributed by atoms with Crippen LogP contribution in [0, 0.1) is 5.92 Å². The maximum Gasteiger partial charge on any atom is 0.416 e. The number of hydrogen-bond donors (Lipinski definition) is 3. The minimum Gasteiger partial charge on any atom is -0.324 e. The summed E-state index contributed by atoms with van der Waals surface area (Å²) < 4.78 is 63.2. The van der Waals surface area contributed by atoms with E-state index >= 15 is 0 Å². The van der Waals surface area contributed by atoms with Crippen LogP contribution in [0.25, 0.3) is 0 Å². The molecule has 1 unspecified atom stereocenters. The van der Waals surface area contributed by atoms with Gasteiger partial charge in [0.25, 0.3) is 0 Å². The topological polar surface area (TPSA) is 87.3 Å². The second kappa shape index (κ2) is 6.36. The average Bonchev–Trinajstić information content (AvgIpc) is 2.91. The second-order valence-electron chi connectivity index (χ2n) is 5.31. The summed E-state index contributed by atoms with van der Waals surface area (Å²) in [6.07, 6.45) is -3.16. The van der Waals surface area contributed by atoms with Gasteiger partial charge in [-0.05, 0) is 31.2 Å². The fraction of sp³-hybridized carbons (Fsp3) is 0.462. The highest BCUT2D eigenvalue weighted by Gasteiger charge is 2.32. The van der Waals surface area contributed by atoms with E-state index in [4.69, 9.17) is 0 Å². The number of nitrogens with one attached hydrogen (secondary N) is 3. The molecule has 1 aliphatic rings. The molecule has 2 rings (SSSR count). The van der Waals surface area contributed by atoms with Crippen molar-refractivity contribution in [3.8, 4) is 0 Å². The highest BCUT2D eigenvalue weighted by atomic mass is 32.2. The normalized spacial score (nSPS) is 18.7. The molecule has 1 aromatic rings. The molecule has 1 atom stereocenters. The zero-order valence-corrected chi connectivity index (χ0v) is 13.0. The van der Waals surface area contributed by atoms with Gasteiger partial charge in [0.2, 0.25) is 15.9 Å². The van der Waals surface area contributed by atoms with Gasteiger partial charge in [-0.15, -0.1) is 0 Å². The predicted molar refractivity (Wildman–Crippen MR) is 79.5 cm³/mol. The molecule has 1 amide bonds. The molecule has 1 aromatic carbocycles. The van der Waals surface area contributed by atoms with E-state index in [0.29, 0.717) is 25.6 Å². The van der Waals surface area contributed by atoms with Crippen LogP contribution in [0.2, 0.25) is 0 Å². The molecule has 0 spiro atoms. The second-order valence-corrected chi connectivity index (χ2v) is 7.06. The van der Waals surface area contributed by atoms with Crippen LogP contribution in [0.15, 0.2) is 18.2 Å².